The van der Waals surface area contributed by atoms with Crippen molar-refractivity contribution in [2.24, 2.45) is 5.92 Å². The van der Waals surface area contributed by atoms with E-state index in [-0.39, 0.29) is 37.9 Å². The van der Waals surface area contributed by atoms with E-state index in [1.165, 1.54) is 24.1 Å². The summed E-state index contributed by atoms with van der Waals surface area (Å²) < 4.78 is 48.6. The molecule has 1 atom stereocenters. The first-order chi connectivity index (χ1) is 15.6. The third-order valence-corrected chi connectivity index (χ3v) is 5.25. The monoisotopic (exact) mass is 464 g/mol. The number of alkyl halides is 3. The van der Waals surface area contributed by atoms with Crippen LogP contribution in [0.5, 0.6) is 5.75 Å². The van der Waals surface area contributed by atoms with Crippen LogP contribution in [0.2, 0.25) is 0 Å². The van der Waals surface area contributed by atoms with Gasteiger partial charge in [-0.3, -0.25) is 9.59 Å². The molecule has 0 saturated carbocycles. The Balaban J connectivity index is 1.60. The fourth-order valence-corrected chi connectivity index (χ4v) is 3.47. The lowest BCUT2D eigenvalue weighted by Gasteiger charge is -2.18. The van der Waals surface area contributed by atoms with Gasteiger partial charge in [0.25, 0.3) is 0 Å². The van der Waals surface area contributed by atoms with E-state index in [1.807, 2.05) is 0 Å². The molecule has 0 spiro atoms. The maximum Gasteiger partial charge on any atom is 0.416 e. The van der Waals surface area contributed by atoms with Crippen molar-refractivity contribution in [2.45, 2.75) is 26.1 Å². The number of hydrogen-bond acceptors (Lipinski definition) is 5. The Labute approximate surface area is 188 Å². The molecule has 1 unspecified atom stereocenters. The number of esters is 1. The van der Waals surface area contributed by atoms with Gasteiger partial charge in [0.1, 0.15) is 5.75 Å². The van der Waals surface area contributed by atoms with Crippen LogP contribution < -0.4 is 10.1 Å². The van der Waals surface area contributed by atoms with Gasteiger partial charge in [-0.1, -0.05) is 12.1 Å². The summed E-state index contributed by atoms with van der Waals surface area (Å²) >= 11 is 0. The molecule has 176 valence electrons. The average molecular weight is 464 g/mol. The zero-order valence-corrected chi connectivity index (χ0v) is 18.1. The summed E-state index contributed by atoms with van der Waals surface area (Å²) in [6, 6.07) is 9.65. The van der Waals surface area contributed by atoms with Crippen LogP contribution in [0.3, 0.4) is 0 Å². The molecule has 1 N–H and O–H groups in total. The van der Waals surface area contributed by atoms with Gasteiger partial charge >= 0.3 is 12.1 Å². The number of nitrogens with zero attached hydrogens (tertiary/aromatic N) is 1. The highest BCUT2D eigenvalue weighted by Gasteiger charge is 2.35. The number of anilines is 1. The molecule has 1 saturated heterocycles. The van der Waals surface area contributed by atoms with E-state index in [0.29, 0.717) is 22.6 Å². The molecular weight excluding hydrogens is 441 g/mol. The van der Waals surface area contributed by atoms with E-state index in [4.69, 9.17) is 4.74 Å². The van der Waals surface area contributed by atoms with Gasteiger partial charge in [-0.25, -0.2) is 4.79 Å². The summed E-state index contributed by atoms with van der Waals surface area (Å²) in [4.78, 5) is 37.6. The maximum absolute atomic E-state index is 12.9. The number of carbonyl (C=O) groups excluding carboxylic acids is 3. The van der Waals surface area contributed by atoms with E-state index in [0.717, 1.165) is 12.1 Å². The van der Waals surface area contributed by atoms with E-state index in [1.54, 1.807) is 25.1 Å². The van der Waals surface area contributed by atoms with Gasteiger partial charge in [-0.15, -0.1) is 0 Å². The molecule has 0 aromatic heterocycles. The van der Waals surface area contributed by atoms with Gasteiger partial charge in [-0.05, 0) is 48.4 Å². The Morgan fingerprint density at radius 3 is 2.61 bits per heavy atom. The Morgan fingerprint density at radius 1 is 1.18 bits per heavy atom. The van der Waals surface area contributed by atoms with Crippen molar-refractivity contribution in [2.75, 3.05) is 25.6 Å². The maximum atomic E-state index is 12.9. The molecule has 33 heavy (non-hydrogen) atoms. The quantitative estimate of drug-likeness (QED) is 0.634. The fraction of sp³-hybridized carbons (Fsp3) is 0.348. The first-order valence-electron chi connectivity index (χ1n) is 10.1. The molecular formula is C23H23F3N2O5. The molecule has 10 heteroatoms. The smallest absolute Gasteiger partial charge is 0.416 e. The highest BCUT2D eigenvalue weighted by atomic mass is 19.4. The van der Waals surface area contributed by atoms with Gasteiger partial charge in [0.2, 0.25) is 11.8 Å². The molecule has 1 fully saturated rings. The Bertz CT molecular complexity index is 1050. The van der Waals surface area contributed by atoms with Crippen LogP contribution in [0.15, 0.2) is 42.5 Å². The number of halogens is 3. The van der Waals surface area contributed by atoms with E-state index in [9.17, 15) is 27.6 Å². The Morgan fingerprint density at radius 2 is 1.94 bits per heavy atom. The number of likely N-dealkylation sites (tertiary alicyclic amines) is 1. The predicted molar refractivity (Wildman–Crippen MR) is 112 cm³/mol. The number of rotatable bonds is 7. The molecule has 2 aromatic carbocycles. The average Bonchev–Trinajstić information content (AvgIpc) is 3.13. The normalized spacial score (nSPS) is 16.0. The highest BCUT2D eigenvalue weighted by Crippen LogP contribution is 2.30. The van der Waals surface area contributed by atoms with Crippen molar-refractivity contribution in [3.63, 3.8) is 0 Å². The number of amides is 2. The summed E-state index contributed by atoms with van der Waals surface area (Å²) in [5.41, 5.74) is 0.776. The number of methoxy groups -OCH3 is 1. The van der Waals surface area contributed by atoms with Crippen LogP contribution in [0.1, 0.15) is 23.1 Å². The summed E-state index contributed by atoms with van der Waals surface area (Å²) in [6.45, 7) is 1.62. The van der Waals surface area contributed by atoms with Gasteiger partial charge in [0, 0.05) is 25.2 Å². The van der Waals surface area contributed by atoms with Gasteiger partial charge < -0.3 is 19.7 Å². The highest BCUT2D eigenvalue weighted by molar-refractivity contribution is 5.97. The van der Waals surface area contributed by atoms with Crippen LogP contribution in [-0.4, -0.2) is 42.9 Å². The number of ether oxygens (including phenoxy) is 2. The summed E-state index contributed by atoms with van der Waals surface area (Å²) in [6.07, 6.45) is -4.49. The lowest BCUT2D eigenvalue weighted by molar-refractivity contribution is -0.143. The summed E-state index contributed by atoms with van der Waals surface area (Å²) in [7, 11) is 1.25. The topological polar surface area (TPSA) is 84.9 Å². The number of benzene rings is 2. The Kier molecular flexibility index (Phi) is 7.25. The van der Waals surface area contributed by atoms with Crippen molar-refractivity contribution >= 4 is 23.5 Å². The van der Waals surface area contributed by atoms with E-state index < -0.39 is 23.6 Å². The molecule has 1 aliphatic heterocycles. The first kappa shape index (κ1) is 24.1. The van der Waals surface area contributed by atoms with Gasteiger partial charge in [-0.2, -0.15) is 13.2 Å². The Hall–Kier alpha value is -3.56. The predicted octanol–water partition coefficient (Wildman–Crippen LogP) is 3.55. The first-order valence-corrected chi connectivity index (χ1v) is 10.1. The molecule has 1 heterocycles. The third-order valence-electron chi connectivity index (χ3n) is 5.25. The van der Waals surface area contributed by atoms with E-state index in [2.05, 4.69) is 10.1 Å². The minimum Gasteiger partial charge on any atom is -0.482 e. The minimum absolute atomic E-state index is 0.00219. The second kappa shape index (κ2) is 9.93. The number of nitrogens with one attached hydrogen (secondary N) is 1. The fourth-order valence-electron chi connectivity index (χ4n) is 3.47. The van der Waals surface area contributed by atoms with Crippen LogP contribution >= 0.6 is 0 Å². The SMILES string of the molecule is COC(=O)COc1ccc(NC(=O)C2CC(=O)N(Cc3cccc(C(F)(F)F)c3)C2)c(C)c1. The molecule has 1 aliphatic rings. The molecule has 0 bridgehead atoms. The minimum atomic E-state index is -4.47. The van der Waals surface area contributed by atoms with Crippen molar-refractivity contribution in [1.82, 2.24) is 4.90 Å². The lowest BCUT2D eigenvalue weighted by Crippen LogP contribution is -2.28. The van der Waals surface area contributed by atoms with Crippen molar-refractivity contribution < 1.29 is 37.0 Å². The number of aryl methyl sites for hydroxylation is 1. The molecule has 0 radical (unpaired) electrons. The molecule has 7 nitrogen and oxygen atoms in total. The standard InChI is InChI=1S/C23H23F3N2O5/c1-14-8-18(33-13-21(30)32-2)6-7-19(14)27-22(31)16-10-20(29)28(12-16)11-15-4-3-5-17(9-15)23(24,25)26/h3-9,16H,10-13H2,1-2H3,(H,27,31). The molecule has 2 amide bonds. The van der Waals surface area contributed by atoms with Crippen LogP contribution in [0.4, 0.5) is 18.9 Å². The lowest BCUT2D eigenvalue weighted by atomic mass is 10.1. The van der Waals surface area contributed by atoms with Crippen LogP contribution in [-0.2, 0) is 31.8 Å². The summed E-state index contributed by atoms with van der Waals surface area (Å²) in [5, 5.41) is 2.78. The summed E-state index contributed by atoms with van der Waals surface area (Å²) in [5.74, 6) is -1.38. The number of hydrogen-bond donors (Lipinski definition) is 1. The van der Waals surface area contributed by atoms with Crippen LogP contribution in [0.25, 0.3) is 0 Å². The van der Waals surface area contributed by atoms with E-state index >= 15 is 0 Å². The third kappa shape index (κ3) is 6.24. The van der Waals surface area contributed by atoms with Gasteiger partial charge in [0.15, 0.2) is 6.61 Å². The zero-order chi connectivity index (χ0) is 24.2. The van der Waals surface area contributed by atoms with Crippen LogP contribution in [0, 0.1) is 12.8 Å². The second-order valence-corrected chi connectivity index (χ2v) is 7.70. The number of carbonyl (C=O) groups is 3. The van der Waals surface area contributed by atoms with Crippen molar-refractivity contribution in [3.05, 3.63) is 59.2 Å². The second-order valence-electron chi connectivity index (χ2n) is 7.70. The van der Waals surface area contributed by atoms with Gasteiger partial charge in [0.05, 0.1) is 18.6 Å². The molecule has 0 aliphatic carbocycles. The molecule has 2 aromatic rings. The zero-order valence-electron chi connectivity index (χ0n) is 18.1. The molecule has 3 rings (SSSR count). The van der Waals surface area contributed by atoms with Crippen molar-refractivity contribution in [1.29, 1.82) is 0 Å². The largest absolute Gasteiger partial charge is 0.482 e. The van der Waals surface area contributed by atoms with Crippen molar-refractivity contribution in [3.8, 4) is 5.75 Å².